The van der Waals surface area contributed by atoms with Crippen LogP contribution in [0.25, 0.3) is 0 Å². The molecule has 16 heavy (non-hydrogen) atoms. The molecule has 1 saturated carbocycles. The molecule has 0 amide bonds. The molecule has 88 valence electrons. The van der Waals surface area contributed by atoms with Crippen molar-refractivity contribution < 1.29 is 4.42 Å². The summed E-state index contributed by atoms with van der Waals surface area (Å²) in [5.74, 6) is 2.82. The minimum atomic E-state index is 0.272. The summed E-state index contributed by atoms with van der Waals surface area (Å²) < 4.78 is 5.65. The van der Waals surface area contributed by atoms with Gasteiger partial charge < -0.3 is 10.2 Å². The van der Waals surface area contributed by atoms with Crippen molar-refractivity contribution in [1.29, 1.82) is 5.41 Å². The van der Waals surface area contributed by atoms with E-state index in [1.807, 2.05) is 13.8 Å². The number of hydrogen-bond acceptors (Lipinski definition) is 3. The van der Waals surface area contributed by atoms with E-state index in [9.17, 15) is 0 Å². The molecular formula is C12H19N3O. The number of nitrogens with zero attached hydrogens (tertiary/aromatic N) is 1. The number of aromatic nitrogens is 1. The fourth-order valence-electron chi connectivity index (χ4n) is 2.32. The number of oxazole rings is 1. The van der Waals surface area contributed by atoms with Crippen LogP contribution in [0, 0.1) is 25.2 Å². The largest absolute Gasteiger partial charge is 0.445 e. The standard InChI is InChI=1S/C12H19N3O/c1-7-8(2)16-12(15-7)10-5-3-9(4-6-10)11(13)14/h9-10H,3-6H2,1-2H3,(H3,13,14). The van der Waals surface area contributed by atoms with Crippen molar-refractivity contribution in [3.05, 3.63) is 17.3 Å². The first-order chi connectivity index (χ1) is 7.58. The summed E-state index contributed by atoms with van der Waals surface area (Å²) in [6, 6.07) is 0. The van der Waals surface area contributed by atoms with Gasteiger partial charge in [0.25, 0.3) is 0 Å². The van der Waals surface area contributed by atoms with Gasteiger partial charge in [0.05, 0.1) is 11.5 Å². The molecule has 1 aromatic heterocycles. The number of rotatable bonds is 2. The number of nitrogens with one attached hydrogen (secondary N) is 1. The maximum absolute atomic E-state index is 7.44. The van der Waals surface area contributed by atoms with Crippen LogP contribution >= 0.6 is 0 Å². The van der Waals surface area contributed by atoms with Crippen molar-refractivity contribution in [3.8, 4) is 0 Å². The van der Waals surface area contributed by atoms with Crippen LogP contribution < -0.4 is 5.73 Å². The number of aryl methyl sites for hydroxylation is 2. The molecule has 2 rings (SSSR count). The highest BCUT2D eigenvalue weighted by Crippen LogP contribution is 2.35. The summed E-state index contributed by atoms with van der Waals surface area (Å²) in [4.78, 5) is 4.45. The molecule has 0 aromatic carbocycles. The normalized spacial score (nSPS) is 25.6. The topological polar surface area (TPSA) is 75.9 Å². The molecule has 1 aromatic rings. The molecule has 0 aliphatic heterocycles. The van der Waals surface area contributed by atoms with E-state index in [-0.39, 0.29) is 5.92 Å². The fraction of sp³-hybridized carbons (Fsp3) is 0.667. The average Bonchev–Trinajstić information content (AvgIpc) is 2.59. The Kier molecular flexibility index (Phi) is 2.99. The summed E-state index contributed by atoms with van der Waals surface area (Å²) in [7, 11) is 0. The van der Waals surface area contributed by atoms with Crippen LogP contribution in [0.5, 0.6) is 0 Å². The van der Waals surface area contributed by atoms with Crippen molar-refractivity contribution in [2.45, 2.75) is 45.4 Å². The fourth-order valence-corrected chi connectivity index (χ4v) is 2.32. The Morgan fingerprint density at radius 2 is 1.94 bits per heavy atom. The zero-order valence-corrected chi connectivity index (χ0v) is 9.92. The Hall–Kier alpha value is -1.32. The Balaban J connectivity index is 2.01. The van der Waals surface area contributed by atoms with Gasteiger partial charge in [-0.15, -0.1) is 0 Å². The van der Waals surface area contributed by atoms with Gasteiger partial charge in [0.15, 0.2) is 5.89 Å². The summed E-state index contributed by atoms with van der Waals surface area (Å²) >= 11 is 0. The average molecular weight is 221 g/mol. The lowest BCUT2D eigenvalue weighted by Gasteiger charge is -2.25. The molecule has 1 aliphatic carbocycles. The zero-order valence-electron chi connectivity index (χ0n) is 9.92. The third-order valence-corrected chi connectivity index (χ3v) is 3.56. The molecule has 1 fully saturated rings. The lowest BCUT2D eigenvalue weighted by molar-refractivity contribution is 0.329. The summed E-state index contributed by atoms with van der Waals surface area (Å²) in [6.45, 7) is 3.93. The molecule has 0 radical (unpaired) electrons. The number of hydrogen-bond donors (Lipinski definition) is 2. The first-order valence-corrected chi connectivity index (χ1v) is 5.85. The highest BCUT2D eigenvalue weighted by atomic mass is 16.4. The van der Waals surface area contributed by atoms with Crippen molar-refractivity contribution in [2.75, 3.05) is 0 Å². The van der Waals surface area contributed by atoms with E-state index >= 15 is 0 Å². The minimum Gasteiger partial charge on any atom is -0.445 e. The second kappa shape index (κ2) is 4.28. The third kappa shape index (κ3) is 2.10. The van der Waals surface area contributed by atoms with E-state index in [4.69, 9.17) is 15.6 Å². The van der Waals surface area contributed by atoms with Crippen LogP contribution in [-0.2, 0) is 0 Å². The van der Waals surface area contributed by atoms with Crippen molar-refractivity contribution >= 4 is 5.84 Å². The Morgan fingerprint density at radius 1 is 1.31 bits per heavy atom. The third-order valence-electron chi connectivity index (χ3n) is 3.56. The summed E-state index contributed by atoms with van der Waals surface area (Å²) in [6.07, 6.45) is 4.04. The van der Waals surface area contributed by atoms with Crippen molar-refractivity contribution in [2.24, 2.45) is 11.7 Å². The smallest absolute Gasteiger partial charge is 0.197 e. The quantitative estimate of drug-likeness (QED) is 0.595. The molecule has 1 aliphatic rings. The van der Waals surface area contributed by atoms with Crippen molar-refractivity contribution in [3.63, 3.8) is 0 Å². The van der Waals surface area contributed by atoms with Gasteiger partial charge in [-0.1, -0.05) is 0 Å². The van der Waals surface area contributed by atoms with Crippen LogP contribution in [0.4, 0.5) is 0 Å². The van der Waals surface area contributed by atoms with Crippen LogP contribution in [0.2, 0.25) is 0 Å². The SMILES string of the molecule is Cc1nc(C2CCC(C(=N)N)CC2)oc1C. The van der Waals surface area contributed by atoms with Gasteiger partial charge in [0.2, 0.25) is 0 Å². The molecule has 4 nitrogen and oxygen atoms in total. The zero-order chi connectivity index (χ0) is 11.7. The van der Waals surface area contributed by atoms with E-state index in [2.05, 4.69) is 4.98 Å². The Labute approximate surface area is 95.7 Å². The van der Waals surface area contributed by atoms with Gasteiger partial charge in [-0.25, -0.2) is 4.98 Å². The highest BCUT2D eigenvalue weighted by Gasteiger charge is 2.27. The number of amidine groups is 1. The highest BCUT2D eigenvalue weighted by molar-refractivity contribution is 5.79. The van der Waals surface area contributed by atoms with Gasteiger partial charge in [0.1, 0.15) is 5.76 Å². The molecule has 0 atom stereocenters. The summed E-state index contributed by atoms with van der Waals surface area (Å²) in [5, 5.41) is 7.44. The molecule has 0 unspecified atom stereocenters. The second-order valence-corrected chi connectivity index (χ2v) is 4.70. The van der Waals surface area contributed by atoms with E-state index in [1.54, 1.807) is 0 Å². The van der Waals surface area contributed by atoms with Gasteiger partial charge in [-0.2, -0.15) is 0 Å². The Bertz CT molecular complexity index is 369. The predicted molar refractivity (Wildman–Crippen MR) is 62.6 cm³/mol. The van der Waals surface area contributed by atoms with Gasteiger partial charge in [0, 0.05) is 11.8 Å². The van der Waals surface area contributed by atoms with E-state index < -0.39 is 0 Å². The van der Waals surface area contributed by atoms with E-state index in [0.717, 1.165) is 43.0 Å². The minimum absolute atomic E-state index is 0.272. The molecule has 3 N–H and O–H groups in total. The predicted octanol–water partition coefficient (Wildman–Crippen LogP) is 2.50. The van der Waals surface area contributed by atoms with Crippen molar-refractivity contribution in [1.82, 2.24) is 4.98 Å². The maximum atomic E-state index is 7.44. The van der Waals surface area contributed by atoms with E-state index in [0.29, 0.717) is 11.8 Å². The first kappa shape index (κ1) is 11.2. The molecule has 0 saturated heterocycles. The number of nitrogens with two attached hydrogens (primary N) is 1. The van der Waals surface area contributed by atoms with Gasteiger partial charge in [-0.3, -0.25) is 5.41 Å². The first-order valence-electron chi connectivity index (χ1n) is 5.85. The second-order valence-electron chi connectivity index (χ2n) is 4.70. The molecule has 1 heterocycles. The maximum Gasteiger partial charge on any atom is 0.197 e. The van der Waals surface area contributed by atoms with Crippen LogP contribution in [0.3, 0.4) is 0 Å². The van der Waals surface area contributed by atoms with E-state index in [1.165, 1.54) is 0 Å². The molecule has 4 heteroatoms. The monoisotopic (exact) mass is 221 g/mol. The lowest BCUT2D eigenvalue weighted by Crippen LogP contribution is -2.26. The van der Waals surface area contributed by atoms with Crippen LogP contribution in [0.1, 0.15) is 48.9 Å². The van der Waals surface area contributed by atoms with Gasteiger partial charge in [-0.05, 0) is 39.5 Å². The lowest BCUT2D eigenvalue weighted by atomic mass is 9.81. The van der Waals surface area contributed by atoms with Crippen LogP contribution in [-0.4, -0.2) is 10.8 Å². The van der Waals surface area contributed by atoms with Crippen LogP contribution in [0.15, 0.2) is 4.42 Å². The Morgan fingerprint density at radius 3 is 2.38 bits per heavy atom. The summed E-state index contributed by atoms with van der Waals surface area (Å²) in [5.41, 5.74) is 6.51. The molecular weight excluding hydrogens is 202 g/mol. The van der Waals surface area contributed by atoms with Gasteiger partial charge >= 0.3 is 0 Å². The molecule has 0 spiro atoms. The molecule has 0 bridgehead atoms.